The van der Waals surface area contributed by atoms with Gasteiger partial charge in [-0.3, -0.25) is 9.78 Å². The zero-order valence-corrected chi connectivity index (χ0v) is 16.1. The fraction of sp³-hybridized carbons (Fsp3) is 0.417. The number of likely N-dealkylation sites (tertiary alicyclic amines) is 1. The van der Waals surface area contributed by atoms with E-state index in [1.54, 1.807) is 0 Å². The quantitative estimate of drug-likeness (QED) is 0.709. The second kappa shape index (κ2) is 8.08. The minimum Gasteiger partial charge on any atom is -0.342 e. The van der Waals surface area contributed by atoms with Crippen LogP contribution in [0.5, 0.6) is 0 Å². The molecule has 1 amide bonds. The van der Waals surface area contributed by atoms with Crippen LogP contribution in [0.2, 0.25) is 0 Å². The first-order valence-electron chi connectivity index (χ1n) is 10.2. The van der Waals surface area contributed by atoms with Crippen LogP contribution in [-0.2, 0) is 4.79 Å². The molecule has 1 saturated heterocycles. The SMILES string of the molecule is Cc1cc(-c2ccccc2)cc([C@H]2CCCN(C(=O)C[C@@H]3C=CCC3)C2)n1. The molecule has 0 spiro atoms. The molecule has 1 aromatic carbocycles. The molecule has 2 aliphatic rings. The third-order valence-electron chi connectivity index (χ3n) is 5.82. The van der Waals surface area contributed by atoms with E-state index in [0.29, 0.717) is 24.2 Å². The molecule has 3 nitrogen and oxygen atoms in total. The van der Waals surface area contributed by atoms with Gasteiger partial charge < -0.3 is 4.90 Å². The van der Waals surface area contributed by atoms with Crippen molar-refractivity contribution in [2.45, 2.75) is 44.9 Å². The van der Waals surface area contributed by atoms with Crippen molar-refractivity contribution in [1.29, 1.82) is 0 Å². The zero-order chi connectivity index (χ0) is 18.6. The Labute approximate surface area is 162 Å². The largest absolute Gasteiger partial charge is 0.342 e. The van der Waals surface area contributed by atoms with Gasteiger partial charge in [0, 0.05) is 36.8 Å². The molecule has 1 aliphatic carbocycles. The van der Waals surface area contributed by atoms with E-state index in [4.69, 9.17) is 4.98 Å². The number of nitrogens with zero attached hydrogens (tertiary/aromatic N) is 2. The predicted octanol–water partition coefficient (Wildman–Crippen LogP) is 5.12. The van der Waals surface area contributed by atoms with Gasteiger partial charge in [0.25, 0.3) is 0 Å². The Morgan fingerprint density at radius 1 is 1.15 bits per heavy atom. The summed E-state index contributed by atoms with van der Waals surface area (Å²) in [5.41, 5.74) is 4.62. The first-order chi connectivity index (χ1) is 13.2. The van der Waals surface area contributed by atoms with E-state index in [1.807, 2.05) is 6.07 Å². The predicted molar refractivity (Wildman–Crippen MR) is 109 cm³/mol. The summed E-state index contributed by atoms with van der Waals surface area (Å²) < 4.78 is 0. The van der Waals surface area contributed by atoms with Crippen LogP contribution in [0.3, 0.4) is 0 Å². The van der Waals surface area contributed by atoms with Gasteiger partial charge in [-0.15, -0.1) is 0 Å². The number of aromatic nitrogens is 1. The smallest absolute Gasteiger partial charge is 0.223 e. The van der Waals surface area contributed by atoms with Gasteiger partial charge in [0.05, 0.1) is 0 Å². The molecule has 0 unspecified atom stereocenters. The summed E-state index contributed by atoms with van der Waals surface area (Å²) in [4.78, 5) is 19.7. The Bertz CT molecular complexity index is 828. The summed E-state index contributed by atoms with van der Waals surface area (Å²) in [7, 11) is 0. The van der Waals surface area contributed by atoms with E-state index >= 15 is 0 Å². The summed E-state index contributed by atoms with van der Waals surface area (Å²) in [5, 5.41) is 0. The molecule has 140 valence electrons. The Balaban J connectivity index is 1.50. The summed E-state index contributed by atoms with van der Waals surface area (Å²) in [6, 6.07) is 14.8. The summed E-state index contributed by atoms with van der Waals surface area (Å²) in [6.45, 7) is 3.76. The molecular weight excluding hydrogens is 332 g/mol. The highest BCUT2D eigenvalue weighted by molar-refractivity contribution is 5.77. The Morgan fingerprint density at radius 3 is 2.78 bits per heavy atom. The van der Waals surface area contributed by atoms with Gasteiger partial charge >= 0.3 is 0 Å². The van der Waals surface area contributed by atoms with Crippen LogP contribution < -0.4 is 0 Å². The maximum atomic E-state index is 12.8. The van der Waals surface area contributed by atoms with Crippen LogP contribution in [0.15, 0.2) is 54.6 Å². The molecule has 2 heterocycles. The number of benzene rings is 1. The van der Waals surface area contributed by atoms with E-state index in [9.17, 15) is 4.79 Å². The molecule has 1 aromatic heterocycles. The molecule has 1 aliphatic heterocycles. The molecule has 0 radical (unpaired) electrons. The topological polar surface area (TPSA) is 33.2 Å². The molecule has 4 rings (SSSR count). The molecule has 2 atom stereocenters. The molecule has 0 bridgehead atoms. The number of allylic oxidation sites excluding steroid dienone is 2. The highest BCUT2D eigenvalue weighted by atomic mass is 16.2. The van der Waals surface area contributed by atoms with Crippen molar-refractivity contribution in [2.24, 2.45) is 5.92 Å². The minimum absolute atomic E-state index is 0.312. The highest BCUT2D eigenvalue weighted by Crippen LogP contribution is 2.30. The number of piperidine rings is 1. The number of carbonyl (C=O) groups is 1. The van der Waals surface area contributed by atoms with Crippen molar-refractivity contribution in [3.8, 4) is 11.1 Å². The number of hydrogen-bond acceptors (Lipinski definition) is 2. The van der Waals surface area contributed by atoms with Crippen LogP contribution in [0.1, 0.15) is 49.4 Å². The number of aryl methyl sites for hydroxylation is 1. The van der Waals surface area contributed by atoms with Crippen molar-refractivity contribution >= 4 is 5.91 Å². The summed E-state index contributed by atoms with van der Waals surface area (Å²) >= 11 is 0. The molecule has 2 aromatic rings. The van der Waals surface area contributed by atoms with Crippen LogP contribution >= 0.6 is 0 Å². The fourth-order valence-electron chi connectivity index (χ4n) is 4.36. The van der Waals surface area contributed by atoms with Crippen LogP contribution in [0.4, 0.5) is 0 Å². The normalized spacial score (nSPS) is 22.2. The van der Waals surface area contributed by atoms with Crippen LogP contribution in [0, 0.1) is 12.8 Å². The first kappa shape index (κ1) is 18.0. The molecule has 0 N–H and O–H groups in total. The lowest BCUT2D eigenvalue weighted by Crippen LogP contribution is -2.39. The number of rotatable bonds is 4. The second-order valence-corrected chi connectivity index (χ2v) is 7.94. The van der Waals surface area contributed by atoms with Crippen molar-refractivity contribution in [3.63, 3.8) is 0 Å². The highest BCUT2D eigenvalue weighted by Gasteiger charge is 2.27. The standard InChI is InChI=1S/C24H28N2O/c1-18-14-22(20-10-3-2-4-11-20)16-23(25-18)21-12-7-13-26(17-21)24(27)15-19-8-5-6-9-19/h2-5,8,10-11,14,16,19,21H,6-7,9,12-13,15,17H2,1H3/t19-,21+/m1/s1. The van der Waals surface area contributed by atoms with E-state index < -0.39 is 0 Å². The number of pyridine rings is 1. The van der Waals surface area contributed by atoms with Gasteiger partial charge in [0.1, 0.15) is 0 Å². The third kappa shape index (κ3) is 4.29. The van der Waals surface area contributed by atoms with Gasteiger partial charge in [-0.1, -0.05) is 42.5 Å². The number of amides is 1. The van der Waals surface area contributed by atoms with Crippen molar-refractivity contribution < 1.29 is 4.79 Å². The lowest BCUT2D eigenvalue weighted by Gasteiger charge is -2.33. The lowest BCUT2D eigenvalue weighted by molar-refractivity contribution is -0.133. The van der Waals surface area contributed by atoms with Crippen molar-refractivity contribution in [2.75, 3.05) is 13.1 Å². The maximum Gasteiger partial charge on any atom is 0.223 e. The van der Waals surface area contributed by atoms with Gasteiger partial charge in [-0.05, 0) is 61.8 Å². The first-order valence-corrected chi connectivity index (χ1v) is 10.2. The molecule has 0 saturated carbocycles. The molecule has 27 heavy (non-hydrogen) atoms. The van der Waals surface area contributed by atoms with E-state index in [1.165, 1.54) is 11.1 Å². The third-order valence-corrected chi connectivity index (χ3v) is 5.82. The molecule has 1 fully saturated rings. The van der Waals surface area contributed by atoms with Gasteiger partial charge in [0.15, 0.2) is 0 Å². The van der Waals surface area contributed by atoms with E-state index in [2.05, 4.69) is 60.4 Å². The van der Waals surface area contributed by atoms with Gasteiger partial charge in [-0.2, -0.15) is 0 Å². The van der Waals surface area contributed by atoms with Crippen LogP contribution in [-0.4, -0.2) is 28.9 Å². The minimum atomic E-state index is 0.312. The maximum absolute atomic E-state index is 12.8. The average molecular weight is 361 g/mol. The summed E-state index contributed by atoms with van der Waals surface area (Å²) in [5.74, 6) is 1.09. The van der Waals surface area contributed by atoms with E-state index in [-0.39, 0.29) is 0 Å². The molecular formula is C24H28N2O. The second-order valence-electron chi connectivity index (χ2n) is 7.94. The van der Waals surface area contributed by atoms with E-state index in [0.717, 1.165) is 50.2 Å². The summed E-state index contributed by atoms with van der Waals surface area (Å²) in [6.07, 6.45) is 9.51. The van der Waals surface area contributed by atoms with Crippen molar-refractivity contribution in [3.05, 3.63) is 66.0 Å². The Hall–Kier alpha value is -2.42. The van der Waals surface area contributed by atoms with Crippen molar-refractivity contribution in [1.82, 2.24) is 9.88 Å². The van der Waals surface area contributed by atoms with Gasteiger partial charge in [0.2, 0.25) is 5.91 Å². The average Bonchev–Trinajstić information content (AvgIpc) is 3.21. The molecule has 3 heteroatoms. The number of hydrogen-bond donors (Lipinski definition) is 0. The Kier molecular flexibility index (Phi) is 5.38. The number of carbonyl (C=O) groups excluding carboxylic acids is 1. The van der Waals surface area contributed by atoms with Gasteiger partial charge in [-0.25, -0.2) is 0 Å². The monoisotopic (exact) mass is 360 g/mol. The zero-order valence-electron chi connectivity index (χ0n) is 16.1. The fourth-order valence-corrected chi connectivity index (χ4v) is 4.36. The Morgan fingerprint density at radius 2 is 2.00 bits per heavy atom. The van der Waals surface area contributed by atoms with Crippen LogP contribution in [0.25, 0.3) is 11.1 Å². The lowest BCUT2D eigenvalue weighted by atomic mass is 9.91.